The van der Waals surface area contributed by atoms with Gasteiger partial charge in [0.2, 0.25) is 5.91 Å². The zero-order valence-electron chi connectivity index (χ0n) is 8.81. The molecule has 0 aliphatic carbocycles. The molecule has 1 aromatic carbocycles. The standard InChI is InChI=1S/C11H12FNO2S/c1-15-7-2-3-10(9(12)4-7)13-6-8(16)5-11(13)14/h2-4,8,16H,5-6H2,1H3. The topological polar surface area (TPSA) is 29.5 Å². The maximum atomic E-state index is 13.7. The molecule has 0 radical (unpaired) electrons. The van der Waals surface area contributed by atoms with Gasteiger partial charge < -0.3 is 9.64 Å². The minimum Gasteiger partial charge on any atom is -0.497 e. The number of carbonyl (C=O) groups excluding carboxylic acids is 1. The van der Waals surface area contributed by atoms with E-state index >= 15 is 0 Å². The van der Waals surface area contributed by atoms with Gasteiger partial charge in [-0.1, -0.05) is 0 Å². The molecule has 1 fully saturated rings. The average Bonchev–Trinajstić information content (AvgIpc) is 2.57. The summed E-state index contributed by atoms with van der Waals surface area (Å²) in [7, 11) is 1.47. The summed E-state index contributed by atoms with van der Waals surface area (Å²) in [5.74, 6) is -0.102. The largest absolute Gasteiger partial charge is 0.497 e. The third-order valence-corrected chi connectivity index (χ3v) is 2.90. The molecule has 0 N–H and O–H groups in total. The van der Waals surface area contributed by atoms with Crippen LogP contribution in [0.1, 0.15) is 6.42 Å². The molecule has 86 valence electrons. The number of hydrogen-bond donors (Lipinski definition) is 1. The van der Waals surface area contributed by atoms with Gasteiger partial charge in [-0.15, -0.1) is 0 Å². The first-order chi connectivity index (χ1) is 7.61. The van der Waals surface area contributed by atoms with E-state index in [2.05, 4.69) is 12.6 Å². The van der Waals surface area contributed by atoms with Crippen LogP contribution in [0.2, 0.25) is 0 Å². The number of carbonyl (C=O) groups is 1. The number of nitrogens with zero attached hydrogens (tertiary/aromatic N) is 1. The van der Waals surface area contributed by atoms with Crippen LogP contribution < -0.4 is 9.64 Å². The van der Waals surface area contributed by atoms with Crippen molar-refractivity contribution in [3.05, 3.63) is 24.0 Å². The van der Waals surface area contributed by atoms with Gasteiger partial charge in [0.25, 0.3) is 0 Å². The number of rotatable bonds is 2. The molecule has 0 saturated carbocycles. The second-order valence-corrected chi connectivity index (χ2v) is 4.41. The van der Waals surface area contributed by atoms with Crippen molar-refractivity contribution in [1.29, 1.82) is 0 Å². The number of thiol groups is 1. The number of methoxy groups -OCH3 is 1. The van der Waals surface area contributed by atoms with Crippen molar-refractivity contribution in [2.45, 2.75) is 11.7 Å². The molecule has 0 aromatic heterocycles. The molecular weight excluding hydrogens is 229 g/mol. The van der Waals surface area contributed by atoms with E-state index < -0.39 is 5.82 Å². The summed E-state index contributed by atoms with van der Waals surface area (Å²) in [5, 5.41) is -0.0194. The average molecular weight is 241 g/mol. The van der Waals surface area contributed by atoms with E-state index in [4.69, 9.17) is 4.74 Å². The Morgan fingerprint density at radius 1 is 1.56 bits per heavy atom. The van der Waals surface area contributed by atoms with Crippen molar-refractivity contribution in [3.8, 4) is 5.75 Å². The van der Waals surface area contributed by atoms with Crippen molar-refractivity contribution < 1.29 is 13.9 Å². The Morgan fingerprint density at radius 3 is 2.81 bits per heavy atom. The third-order valence-electron chi connectivity index (χ3n) is 2.55. The first-order valence-electron chi connectivity index (χ1n) is 4.94. The highest BCUT2D eigenvalue weighted by Gasteiger charge is 2.29. The Morgan fingerprint density at radius 2 is 2.31 bits per heavy atom. The monoisotopic (exact) mass is 241 g/mol. The van der Waals surface area contributed by atoms with Gasteiger partial charge in [0.05, 0.1) is 12.8 Å². The van der Waals surface area contributed by atoms with Crippen molar-refractivity contribution in [2.24, 2.45) is 0 Å². The molecule has 1 aliphatic rings. The third kappa shape index (κ3) is 2.00. The number of anilines is 1. The normalized spacial score (nSPS) is 20.3. The van der Waals surface area contributed by atoms with Gasteiger partial charge in [0.15, 0.2) is 5.82 Å². The number of ether oxygens (including phenoxy) is 1. The van der Waals surface area contributed by atoms with Crippen molar-refractivity contribution >= 4 is 24.2 Å². The lowest BCUT2D eigenvalue weighted by molar-refractivity contribution is -0.117. The van der Waals surface area contributed by atoms with E-state index in [-0.39, 0.29) is 11.2 Å². The van der Waals surface area contributed by atoms with Crippen LogP contribution in [-0.2, 0) is 4.79 Å². The van der Waals surface area contributed by atoms with Gasteiger partial charge in [-0.25, -0.2) is 4.39 Å². The first-order valence-corrected chi connectivity index (χ1v) is 5.45. The molecule has 0 bridgehead atoms. The lowest BCUT2D eigenvalue weighted by atomic mass is 10.2. The van der Waals surface area contributed by atoms with Gasteiger partial charge in [-0.3, -0.25) is 4.79 Å². The predicted octanol–water partition coefficient (Wildman–Crippen LogP) is 1.87. The molecule has 1 atom stereocenters. The molecule has 1 saturated heterocycles. The SMILES string of the molecule is COc1ccc(N2CC(S)CC2=O)c(F)c1. The highest BCUT2D eigenvalue weighted by molar-refractivity contribution is 7.81. The van der Waals surface area contributed by atoms with E-state index in [1.165, 1.54) is 18.1 Å². The fourth-order valence-corrected chi connectivity index (χ4v) is 2.07. The van der Waals surface area contributed by atoms with Crippen LogP contribution in [0.25, 0.3) is 0 Å². The Hall–Kier alpha value is -1.23. The molecule has 1 aromatic rings. The Labute approximate surface area is 98.6 Å². The van der Waals surface area contributed by atoms with Crippen LogP contribution in [0.4, 0.5) is 10.1 Å². The van der Waals surface area contributed by atoms with Crippen LogP contribution >= 0.6 is 12.6 Å². The predicted molar refractivity (Wildman–Crippen MR) is 62.7 cm³/mol. The number of amides is 1. The molecule has 1 aliphatic heterocycles. The Bertz CT molecular complexity index is 424. The van der Waals surface area contributed by atoms with Crippen LogP contribution in [0.3, 0.4) is 0 Å². The molecule has 5 heteroatoms. The van der Waals surface area contributed by atoms with Gasteiger partial charge in [-0.2, -0.15) is 12.6 Å². The molecule has 1 heterocycles. The van der Waals surface area contributed by atoms with Crippen molar-refractivity contribution in [1.82, 2.24) is 0 Å². The summed E-state index contributed by atoms with van der Waals surface area (Å²) in [6.45, 7) is 0.450. The minimum atomic E-state index is -0.449. The highest BCUT2D eigenvalue weighted by atomic mass is 32.1. The van der Waals surface area contributed by atoms with Gasteiger partial charge in [0, 0.05) is 24.3 Å². The Balaban J connectivity index is 2.30. The van der Waals surface area contributed by atoms with Crippen LogP contribution in [0, 0.1) is 5.82 Å². The molecule has 0 spiro atoms. The molecule has 1 amide bonds. The first kappa shape index (κ1) is 11.3. The lowest BCUT2D eigenvalue weighted by Crippen LogP contribution is -2.25. The summed E-state index contributed by atoms with van der Waals surface area (Å²) >= 11 is 4.22. The quantitative estimate of drug-likeness (QED) is 0.801. The van der Waals surface area contributed by atoms with E-state index in [0.717, 1.165) is 0 Å². The minimum absolute atomic E-state index is 0.0194. The fraction of sp³-hybridized carbons (Fsp3) is 0.364. The van der Waals surface area contributed by atoms with E-state index in [1.54, 1.807) is 12.1 Å². The maximum Gasteiger partial charge on any atom is 0.228 e. The summed E-state index contributed by atoms with van der Waals surface area (Å²) in [6, 6.07) is 4.46. The summed E-state index contributed by atoms with van der Waals surface area (Å²) in [4.78, 5) is 13.0. The van der Waals surface area contributed by atoms with E-state index in [9.17, 15) is 9.18 Å². The van der Waals surface area contributed by atoms with Gasteiger partial charge in [0.1, 0.15) is 5.75 Å². The fourth-order valence-electron chi connectivity index (χ4n) is 1.76. The van der Waals surface area contributed by atoms with Crippen LogP contribution in [0.5, 0.6) is 5.75 Å². The maximum absolute atomic E-state index is 13.7. The number of benzene rings is 1. The Kier molecular flexibility index (Phi) is 3.05. The number of hydrogen-bond acceptors (Lipinski definition) is 3. The summed E-state index contributed by atoms with van der Waals surface area (Å²) < 4.78 is 18.6. The van der Waals surface area contributed by atoms with E-state index in [0.29, 0.717) is 24.4 Å². The van der Waals surface area contributed by atoms with Crippen molar-refractivity contribution in [3.63, 3.8) is 0 Å². The van der Waals surface area contributed by atoms with Crippen LogP contribution in [0.15, 0.2) is 18.2 Å². The zero-order chi connectivity index (χ0) is 11.7. The highest BCUT2D eigenvalue weighted by Crippen LogP contribution is 2.28. The second-order valence-electron chi connectivity index (χ2n) is 3.68. The van der Waals surface area contributed by atoms with E-state index in [1.807, 2.05) is 0 Å². The smallest absolute Gasteiger partial charge is 0.228 e. The molecule has 3 nitrogen and oxygen atoms in total. The lowest BCUT2D eigenvalue weighted by Gasteiger charge is -2.17. The van der Waals surface area contributed by atoms with Crippen LogP contribution in [-0.4, -0.2) is 24.8 Å². The summed E-state index contributed by atoms with van der Waals surface area (Å²) in [6.07, 6.45) is 0.356. The molecule has 16 heavy (non-hydrogen) atoms. The molecular formula is C11H12FNO2S. The van der Waals surface area contributed by atoms with Gasteiger partial charge >= 0.3 is 0 Å². The second kappa shape index (κ2) is 4.33. The zero-order valence-corrected chi connectivity index (χ0v) is 9.71. The molecule has 1 unspecified atom stereocenters. The molecule has 2 rings (SSSR count). The van der Waals surface area contributed by atoms with Gasteiger partial charge in [-0.05, 0) is 12.1 Å². The van der Waals surface area contributed by atoms with Crippen molar-refractivity contribution in [2.75, 3.05) is 18.6 Å². The summed E-state index contributed by atoms with van der Waals surface area (Å²) in [5.41, 5.74) is 0.294. The number of halogens is 1.